The fourth-order valence-electron chi connectivity index (χ4n) is 2.16. The number of hydrogen-bond donors (Lipinski definition) is 1. The van der Waals surface area contributed by atoms with E-state index >= 15 is 0 Å². The summed E-state index contributed by atoms with van der Waals surface area (Å²) >= 11 is 0. The first-order valence-corrected chi connectivity index (χ1v) is 6.74. The standard InChI is InChI=1S/C17H17FO3/c1-12-5-2-3-8-16(12)21-10-9-15(17(19)20)13-6-4-7-14(18)11-13/h2-8,11,15H,9-10H2,1H3,(H,19,20). The number of carboxylic acids is 1. The summed E-state index contributed by atoms with van der Waals surface area (Å²) < 4.78 is 18.8. The number of carboxylic acid groups (broad SMARTS) is 1. The van der Waals surface area contributed by atoms with Gasteiger partial charge in [-0.2, -0.15) is 0 Å². The summed E-state index contributed by atoms with van der Waals surface area (Å²) in [7, 11) is 0. The van der Waals surface area contributed by atoms with Crippen LogP contribution in [-0.2, 0) is 4.79 Å². The molecule has 0 saturated heterocycles. The number of benzene rings is 2. The number of ether oxygens (including phenoxy) is 1. The molecule has 0 aliphatic rings. The van der Waals surface area contributed by atoms with E-state index in [2.05, 4.69) is 0 Å². The van der Waals surface area contributed by atoms with Gasteiger partial charge in [-0.05, 0) is 42.7 Å². The summed E-state index contributed by atoms with van der Waals surface area (Å²) in [6.07, 6.45) is 0.285. The molecule has 0 heterocycles. The highest BCUT2D eigenvalue weighted by Crippen LogP contribution is 2.22. The minimum Gasteiger partial charge on any atom is -0.493 e. The van der Waals surface area contributed by atoms with Crippen LogP contribution in [0.4, 0.5) is 4.39 Å². The van der Waals surface area contributed by atoms with Crippen molar-refractivity contribution in [3.8, 4) is 5.75 Å². The fraction of sp³-hybridized carbons (Fsp3) is 0.235. The zero-order valence-electron chi connectivity index (χ0n) is 11.8. The molecule has 1 atom stereocenters. The number of rotatable bonds is 6. The van der Waals surface area contributed by atoms with Crippen LogP contribution in [0.3, 0.4) is 0 Å². The Kier molecular flexibility index (Phi) is 4.93. The van der Waals surface area contributed by atoms with Gasteiger partial charge in [0.25, 0.3) is 0 Å². The monoisotopic (exact) mass is 288 g/mol. The molecular formula is C17H17FO3. The Balaban J connectivity index is 2.01. The molecule has 0 aliphatic carbocycles. The number of carbonyl (C=O) groups is 1. The molecule has 0 spiro atoms. The number of aliphatic carboxylic acids is 1. The first kappa shape index (κ1) is 15.0. The summed E-state index contributed by atoms with van der Waals surface area (Å²) in [5, 5.41) is 9.29. The first-order chi connectivity index (χ1) is 10.1. The molecule has 0 aromatic heterocycles. The van der Waals surface area contributed by atoms with E-state index in [1.807, 2.05) is 31.2 Å². The molecule has 3 nitrogen and oxygen atoms in total. The van der Waals surface area contributed by atoms with Crippen LogP contribution in [0.2, 0.25) is 0 Å². The van der Waals surface area contributed by atoms with Crippen LogP contribution in [0.25, 0.3) is 0 Å². The van der Waals surface area contributed by atoms with Crippen molar-refractivity contribution in [2.24, 2.45) is 0 Å². The van der Waals surface area contributed by atoms with Crippen molar-refractivity contribution in [1.29, 1.82) is 0 Å². The molecule has 1 N–H and O–H groups in total. The molecule has 110 valence electrons. The van der Waals surface area contributed by atoms with Gasteiger partial charge < -0.3 is 9.84 Å². The Bertz CT molecular complexity index is 625. The van der Waals surface area contributed by atoms with Gasteiger partial charge in [0.1, 0.15) is 11.6 Å². The van der Waals surface area contributed by atoms with Gasteiger partial charge in [0, 0.05) is 0 Å². The van der Waals surface area contributed by atoms with Gasteiger partial charge in [-0.3, -0.25) is 4.79 Å². The number of halogens is 1. The van der Waals surface area contributed by atoms with E-state index in [1.54, 1.807) is 6.07 Å². The zero-order chi connectivity index (χ0) is 15.2. The quantitative estimate of drug-likeness (QED) is 0.880. The topological polar surface area (TPSA) is 46.5 Å². The van der Waals surface area contributed by atoms with Crippen LogP contribution in [0, 0.1) is 12.7 Å². The zero-order valence-corrected chi connectivity index (χ0v) is 11.8. The molecule has 0 amide bonds. The highest BCUT2D eigenvalue weighted by atomic mass is 19.1. The van der Waals surface area contributed by atoms with Gasteiger partial charge in [0.15, 0.2) is 0 Å². The molecule has 4 heteroatoms. The summed E-state index contributed by atoms with van der Waals surface area (Å²) in [5.74, 6) is -1.45. The maximum atomic E-state index is 13.2. The van der Waals surface area contributed by atoms with Crippen molar-refractivity contribution in [3.63, 3.8) is 0 Å². The van der Waals surface area contributed by atoms with E-state index in [4.69, 9.17) is 4.74 Å². The summed E-state index contributed by atoms with van der Waals surface area (Å²) in [6.45, 7) is 2.19. The van der Waals surface area contributed by atoms with Gasteiger partial charge in [0.2, 0.25) is 0 Å². The Hall–Kier alpha value is -2.36. The Morgan fingerprint density at radius 2 is 2.00 bits per heavy atom. The fourth-order valence-corrected chi connectivity index (χ4v) is 2.16. The van der Waals surface area contributed by atoms with E-state index in [1.165, 1.54) is 18.2 Å². The van der Waals surface area contributed by atoms with Crippen LogP contribution < -0.4 is 4.74 Å². The third-order valence-electron chi connectivity index (χ3n) is 3.31. The molecule has 2 rings (SSSR count). The molecule has 0 aliphatic heterocycles. The number of para-hydroxylation sites is 1. The van der Waals surface area contributed by atoms with Crippen molar-refractivity contribution in [1.82, 2.24) is 0 Å². The van der Waals surface area contributed by atoms with Gasteiger partial charge in [-0.1, -0.05) is 30.3 Å². The third-order valence-corrected chi connectivity index (χ3v) is 3.31. The van der Waals surface area contributed by atoms with Crippen molar-refractivity contribution >= 4 is 5.97 Å². The van der Waals surface area contributed by atoms with Crippen LogP contribution in [0.15, 0.2) is 48.5 Å². The van der Waals surface area contributed by atoms with Crippen molar-refractivity contribution in [3.05, 3.63) is 65.5 Å². The second-order valence-corrected chi connectivity index (χ2v) is 4.85. The molecule has 0 fully saturated rings. The maximum absolute atomic E-state index is 13.2. The third kappa shape index (κ3) is 4.05. The lowest BCUT2D eigenvalue weighted by Gasteiger charge is -2.14. The highest BCUT2D eigenvalue weighted by Gasteiger charge is 2.20. The maximum Gasteiger partial charge on any atom is 0.311 e. The van der Waals surface area contributed by atoms with Crippen LogP contribution >= 0.6 is 0 Å². The lowest BCUT2D eigenvalue weighted by molar-refractivity contribution is -0.139. The van der Waals surface area contributed by atoms with Gasteiger partial charge >= 0.3 is 5.97 Å². The minimum absolute atomic E-state index is 0.262. The van der Waals surface area contributed by atoms with E-state index in [0.717, 1.165) is 11.3 Å². The largest absolute Gasteiger partial charge is 0.493 e. The second kappa shape index (κ2) is 6.88. The lowest BCUT2D eigenvalue weighted by Crippen LogP contribution is -2.15. The van der Waals surface area contributed by atoms with Crippen LogP contribution in [0.1, 0.15) is 23.5 Å². The van der Waals surface area contributed by atoms with Crippen LogP contribution in [-0.4, -0.2) is 17.7 Å². The van der Waals surface area contributed by atoms with Crippen LogP contribution in [0.5, 0.6) is 5.75 Å². The predicted molar refractivity (Wildman–Crippen MR) is 78.1 cm³/mol. The normalized spacial score (nSPS) is 11.9. The Labute approximate surface area is 123 Å². The van der Waals surface area contributed by atoms with Gasteiger partial charge in [0.05, 0.1) is 12.5 Å². The van der Waals surface area contributed by atoms with Crippen molar-refractivity contribution in [2.75, 3.05) is 6.61 Å². The molecule has 0 bridgehead atoms. The molecule has 1 unspecified atom stereocenters. The number of aryl methyl sites for hydroxylation is 1. The average Bonchev–Trinajstić information content (AvgIpc) is 2.45. The number of hydrogen-bond acceptors (Lipinski definition) is 2. The second-order valence-electron chi connectivity index (χ2n) is 4.85. The summed E-state index contributed by atoms with van der Waals surface area (Å²) in [4.78, 5) is 11.3. The minimum atomic E-state index is -0.978. The van der Waals surface area contributed by atoms with Gasteiger partial charge in [-0.25, -0.2) is 4.39 Å². The van der Waals surface area contributed by atoms with E-state index in [9.17, 15) is 14.3 Å². The Morgan fingerprint density at radius 3 is 2.67 bits per heavy atom. The van der Waals surface area contributed by atoms with E-state index in [0.29, 0.717) is 5.56 Å². The van der Waals surface area contributed by atoms with E-state index < -0.39 is 17.7 Å². The summed E-state index contributed by atoms with van der Waals surface area (Å²) in [5.41, 5.74) is 1.45. The van der Waals surface area contributed by atoms with Gasteiger partial charge in [-0.15, -0.1) is 0 Å². The van der Waals surface area contributed by atoms with E-state index in [-0.39, 0.29) is 13.0 Å². The highest BCUT2D eigenvalue weighted by molar-refractivity contribution is 5.76. The molecule has 2 aromatic carbocycles. The predicted octanol–water partition coefficient (Wildman–Crippen LogP) is 3.77. The molecule has 0 radical (unpaired) electrons. The van der Waals surface area contributed by atoms with Crippen molar-refractivity contribution in [2.45, 2.75) is 19.3 Å². The average molecular weight is 288 g/mol. The SMILES string of the molecule is Cc1ccccc1OCCC(C(=O)O)c1cccc(F)c1. The molecule has 21 heavy (non-hydrogen) atoms. The lowest BCUT2D eigenvalue weighted by atomic mass is 9.96. The first-order valence-electron chi connectivity index (χ1n) is 6.74. The van der Waals surface area contributed by atoms with Crippen molar-refractivity contribution < 1.29 is 19.0 Å². The molecule has 2 aromatic rings. The molecular weight excluding hydrogens is 271 g/mol. The Morgan fingerprint density at radius 1 is 1.24 bits per heavy atom. The molecule has 0 saturated carbocycles. The summed E-state index contributed by atoms with van der Waals surface area (Å²) in [6, 6.07) is 13.2. The smallest absolute Gasteiger partial charge is 0.311 e.